The van der Waals surface area contributed by atoms with E-state index >= 15 is 0 Å². The lowest BCUT2D eigenvalue weighted by Gasteiger charge is -2.15. The van der Waals surface area contributed by atoms with Crippen LogP contribution in [0.2, 0.25) is 0 Å². The fraction of sp³-hybridized carbons (Fsp3) is 0.750. The minimum Gasteiger partial charge on any atom is -0.359 e. The molecule has 2 rings (SSSR count). The Morgan fingerprint density at radius 1 is 1.38 bits per heavy atom. The second-order valence-corrected chi connectivity index (χ2v) is 5.78. The van der Waals surface area contributed by atoms with Gasteiger partial charge in [0, 0.05) is 25.1 Å². The number of hydrogen-bond acceptors (Lipinski definition) is 3. The lowest BCUT2D eigenvalue weighted by Crippen LogP contribution is -2.41. The van der Waals surface area contributed by atoms with E-state index in [-0.39, 0.29) is 0 Å². The zero-order valence-corrected chi connectivity index (χ0v) is 13.5. The average Bonchev–Trinajstić information content (AvgIpc) is 3.16. The Bertz CT molecular complexity index is 445. The maximum atomic E-state index is 5.42. The topological polar surface area (TPSA) is 62.5 Å². The second-order valence-electron chi connectivity index (χ2n) is 5.78. The van der Waals surface area contributed by atoms with Gasteiger partial charge in [0.25, 0.3) is 0 Å². The molecule has 0 aliphatic heterocycles. The molecule has 5 nitrogen and oxygen atoms in total. The summed E-state index contributed by atoms with van der Waals surface area (Å²) in [5.74, 6) is 2.21. The number of rotatable bonds is 6. The van der Waals surface area contributed by atoms with Gasteiger partial charge in [-0.2, -0.15) is 0 Å². The molecular weight excluding hydrogens is 264 g/mol. The van der Waals surface area contributed by atoms with Gasteiger partial charge in [-0.3, -0.25) is 4.99 Å². The maximum Gasteiger partial charge on any atom is 0.191 e. The third-order valence-corrected chi connectivity index (χ3v) is 4.33. The van der Waals surface area contributed by atoms with E-state index in [0.717, 1.165) is 30.3 Å². The highest BCUT2D eigenvalue weighted by Gasteiger charge is 2.16. The molecule has 21 heavy (non-hydrogen) atoms. The first-order chi connectivity index (χ1) is 10.3. The van der Waals surface area contributed by atoms with E-state index in [0.29, 0.717) is 18.5 Å². The maximum absolute atomic E-state index is 5.42. The van der Waals surface area contributed by atoms with Gasteiger partial charge < -0.3 is 15.2 Å². The van der Waals surface area contributed by atoms with Crippen LogP contribution in [0.15, 0.2) is 15.6 Å². The van der Waals surface area contributed by atoms with Crippen LogP contribution in [0.25, 0.3) is 0 Å². The van der Waals surface area contributed by atoms with Gasteiger partial charge in [0.05, 0.1) is 12.2 Å². The summed E-state index contributed by atoms with van der Waals surface area (Å²) in [6.45, 7) is 5.00. The molecule has 5 heteroatoms. The van der Waals surface area contributed by atoms with Crippen molar-refractivity contribution in [2.45, 2.75) is 70.9 Å². The summed E-state index contributed by atoms with van der Waals surface area (Å²) in [6, 6.07) is 2.62. The summed E-state index contributed by atoms with van der Waals surface area (Å²) in [4.78, 5) is 4.27. The molecule has 0 bridgehead atoms. The molecule has 0 aromatic carbocycles. The molecule has 2 N–H and O–H groups in total. The lowest BCUT2D eigenvalue weighted by atomic mass is 9.99. The first kappa shape index (κ1) is 15.9. The van der Waals surface area contributed by atoms with Crippen molar-refractivity contribution < 1.29 is 4.52 Å². The highest BCUT2D eigenvalue weighted by Crippen LogP contribution is 2.22. The van der Waals surface area contributed by atoms with Gasteiger partial charge in [-0.1, -0.05) is 31.8 Å². The van der Waals surface area contributed by atoms with Crippen molar-refractivity contribution in [2.24, 2.45) is 4.99 Å². The molecule has 1 aromatic heterocycles. The van der Waals surface area contributed by atoms with Gasteiger partial charge in [-0.15, -0.1) is 0 Å². The standard InChI is InChI=1S/C16H28N4O/c1-4-12(5-2)15-10-14(21-20-15)11-18-16(17-3)19-13-8-6-7-9-13/h10,12-13H,4-9,11H2,1-3H3,(H2,17,18,19). The molecule has 118 valence electrons. The van der Waals surface area contributed by atoms with E-state index in [1.165, 1.54) is 25.7 Å². The number of aromatic nitrogens is 1. The Morgan fingerprint density at radius 3 is 2.71 bits per heavy atom. The number of nitrogens with zero attached hydrogens (tertiary/aromatic N) is 2. The van der Waals surface area contributed by atoms with Gasteiger partial charge >= 0.3 is 0 Å². The molecule has 1 aliphatic rings. The van der Waals surface area contributed by atoms with Crippen LogP contribution in [-0.4, -0.2) is 24.2 Å². The fourth-order valence-corrected chi connectivity index (χ4v) is 2.94. The molecule has 1 saturated carbocycles. The normalized spacial score (nSPS) is 16.7. The Balaban J connectivity index is 1.83. The summed E-state index contributed by atoms with van der Waals surface area (Å²) in [7, 11) is 1.81. The monoisotopic (exact) mass is 292 g/mol. The molecule has 1 heterocycles. The minimum atomic E-state index is 0.499. The quantitative estimate of drug-likeness (QED) is 0.624. The van der Waals surface area contributed by atoms with Gasteiger partial charge in [-0.05, 0) is 25.7 Å². The highest BCUT2D eigenvalue weighted by atomic mass is 16.5. The number of nitrogens with one attached hydrogen (secondary N) is 2. The van der Waals surface area contributed by atoms with Crippen molar-refractivity contribution in [3.8, 4) is 0 Å². The number of guanidine groups is 1. The Hall–Kier alpha value is -1.52. The van der Waals surface area contributed by atoms with Crippen LogP contribution in [0.4, 0.5) is 0 Å². The van der Waals surface area contributed by atoms with Crippen molar-refractivity contribution in [1.82, 2.24) is 15.8 Å². The SMILES string of the molecule is CCC(CC)c1cc(CNC(=NC)NC2CCCC2)on1. The zero-order valence-electron chi connectivity index (χ0n) is 13.5. The van der Waals surface area contributed by atoms with Gasteiger partial charge in [0.2, 0.25) is 0 Å². The van der Waals surface area contributed by atoms with Gasteiger partial charge in [-0.25, -0.2) is 0 Å². The molecule has 0 unspecified atom stereocenters. The third kappa shape index (κ3) is 4.48. The minimum absolute atomic E-state index is 0.499. The third-order valence-electron chi connectivity index (χ3n) is 4.33. The summed E-state index contributed by atoms with van der Waals surface area (Å²) in [5, 5.41) is 11.0. The first-order valence-corrected chi connectivity index (χ1v) is 8.19. The summed E-state index contributed by atoms with van der Waals surface area (Å²) < 4.78 is 5.42. The van der Waals surface area contributed by atoms with Crippen LogP contribution >= 0.6 is 0 Å². The summed E-state index contributed by atoms with van der Waals surface area (Å²) in [6.07, 6.45) is 7.30. The van der Waals surface area contributed by atoms with E-state index < -0.39 is 0 Å². The molecular formula is C16H28N4O. The zero-order chi connectivity index (χ0) is 15.1. The molecule has 1 aromatic rings. The predicted molar refractivity (Wildman–Crippen MR) is 85.4 cm³/mol. The van der Waals surface area contributed by atoms with Gasteiger partial charge in [0.1, 0.15) is 0 Å². The van der Waals surface area contributed by atoms with Crippen LogP contribution in [0.3, 0.4) is 0 Å². The lowest BCUT2D eigenvalue weighted by molar-refractivity contribution is 0.368. The van der Waals surface area contributed by atoms with Crippen LogP contribution in [-0.2, 0) is 6.54 Å². The van der Waals surface area contributed by atoms with E-state index in [1.54, 1.807) is 7.05 Å². The van der Waals surface area contributed by atoms with Crippen molar-refractivity contribution >= 4 is 5.96 Å². The van der Waals surface area contributed by atoms with Crippen LogP contribution in [0, 0.1) is 0 Å². The molecule has 0 amide bonds. The predicted octanol–water partition coefficient (Wildman–Crippen LogP) is 3.19. The molecule has 0 spiro atoms. The van der Waals surface area contributed by atoms with E-state index in [1.807, 2.05) is 0 Å². The largest absolute Gasteiger partial charge is 0.359 e. The summed E-state index contributed by atoms with van der Waals surface area (Å²) in [5.41, 5.74) is 1.07. The molecule has 0 atom stereocenters. The van der Waals surface area contributed by atoms with Crippen LogP contribution in [0.5, 0.6) is 0 Å². The van der Waals surface area contributed by atoms with Crippen molar-refractivity contribution in [2.75, 3.05) is 7.05 Å². The van der Waals surface area contributed by atoms with E-state index in [4.69, 9.17) is 4.52 Å². The second kappa shape index (κ2) is 8.05. The fourth-order valence-electron chi connectivity index (χ4n) is 2.94. The number of hydrogen-bond donors (Lipinski definition) is 2. The van der Waals surface area contributed by atoms with E-state index in [9.17, 15) is 0 Å². The Labute approximate surface area is 127 Å². The van der Waals surface area contributed by atoms with Crippen molar-refractivity contribution in [1.29, 1.82) is 0 Å². The smallest absolute Gasteiger partial charge is 0.191 e. The average molecular weight is 292 g/mol. The number of aliphatic imine (C=N–C) groups is 1. The summed E-state index contributed by atoms with van der Waals surface area (Å²) >= 11 is 0. The highest BCUT2D eigenvalue weighted by molar-refractivity contribution is 5.79. The van der Waals surface area contributed by atoms with Crippen LogP contribution in [0.1, 0.15) is 69.7 Å². The molecule has 1 fully saturated rings. The van der Waals surface area contributed by atoms with Gasteiger partial charge in [0.15, 0.2) is 11.7 Å². The van der Waals surface area contributed by atoms with Crippen molar-refractivity contribution in [3.05, 3.63) is 17.5 Å². The van der Waals surface area contributed by atoms with E-state index in [2.05, 4.69) is 40.7 Å². The van der Waals surface area contributed by atoms with Crippen molar-refractivity contribution in [3.63, 3.8) is 0 Å². The van der Waals surface area contributed by atoms with Crippen LogP contribution < -0.4 is 10.6 Å². The first-order valence-electron chi connectivity index (χ1n) is 8.19. The molecule has 1 aliphatic carbocycles. The molecule has 0 radical (unpaired) electrons. The Kier molecular flexibility index (Phi) is 6.08. The Morgan fingerprint density at radius 2 is 2.10 bits per heavy atom. The molecule has 0 saturated heterocycles.